The average molecular weight is 500 g/mol. The Morgan fingerprint density at radius 1 is 0.914 bits per heavy atom. The van der Waals surface area contributed by atoms with E-state index in [-0.39, 0.29) is 17.7 Å². The number of hydrogen-bond donors (Lipinski definition) is 0. The predicted octanol–water partition coefficient (Wildman–Crippen LogP) is 7.62. The normalized spacial score (nSPS) is 14.8. The molecule has 0 N–H and O–H groups in total. The summed E-state index contributed by atoms with van der Waals surface area (Å²) >= 11 is 6.96. The summed E-state index contributed by atoms with van der Waals surface area (Å²) in [4.78, 5) is 27.7. The van der Waals surface area contributed by atoms with E-state index >= 15 is 0 Å². The fourth-order valence-corrected chi connectivity index (χ4v) is 4.96. The molecule has 0 aromatic heterocycles. The van der Waals surface area contributed by atoms with Gasteiger partial charge in [0, 0.05) is 10.6 Å². The number of imide groups is 1. The van der Waals surface area contributed by atoms with E-state index in [2.05, 4.69) is 0 Å². The number of aryl methyl sites for hydroxylation is 1. The Balaban J connectivity index is 1.48. The highest BCUT2D eigenvalue weighted by atomic mass is 35.5. The lowest BCUT2D eigenvalue weighted by Crippen LogP contribution is -2.27. The van der Waals surface area contributed by atoms with E-state index in [1.54, 1.807) is 6.08 Å². The van der Waals surface area contributed by atoms with Crippen molar-refractivity contribution in [1.29, 1.82) is 0 Å². The molecule has 6 heteroatoms. The molecule has 1 aliphatic heterocycles. The fraction of sp³-hybridized carbons (Fsp3) is 0.103. The first-order valence-electron chi connectivity index (χ1n) is 11.2. The highest BCUT2D eigenvalue weighted by molar-refractivity contribution is 8.18. The van der Waals surface area contributed by atoms with E-state index in [1.807, 2.05) is 91.9 Å². The lowest BCUT2D eigenvalue weighted by molar-refractivity contribution is -0.123. The number of thioether (sulfide) groups is 1. The minimum atomic E-state index is -0.292. The van der Waals surface area contributed by atoms with E-state index in [0.717, 1.165) is 44.8 Å². The van der Waals surface area contributed by atoms with Gasteiger partial charge in [-0.3, -0.25) is 14.5 Å². The second-order valence-electron chi connectivity index (χ2n) is 8.31. The van der Waals surface area contributed by atoms with E-state index in [9.17, 15) is 9.59 Å². The van der Waals surface area contributed by atoms with E-state index in [0.29, 0.717) is 22.3 Å². The monoisotopic (exact) mass is 499 g/mol. The van der Waals surface area contributed by atoms with Crippen LogP contribution in [0.25, 0.3) is 16.8 Å². The van der Waals surface area contributed by atoms with Crippen molar-refractivity contribution in [1.82, 2.24) is 4.90 Å². The molecule has 0 aliphatic carbocycles. The minimum Gasteiger partial charge on any atom is -0.488 e. The number of benzene rings is 4. The zero-order valence-electron chi connectivity index (χ0n) is 19.0. The molecule has 5 rings (SSSR count). The van der Waals surface area contributed by atoms with Gasteiger partial charge >= 0.3 is 0 Å². The number of nitrogens with zero attached hydrogens (tertiary/aromatic N) is 1. The van der Waals surface area contributed by atoms with Crippen molar-refractivity contribution < 1.29 is 14.3 Å². The first-order chi connectivity index (χ1) is 17.0. The van der Waals surface area contributed by atoms with Crippen molar-refractivity contribution in [3.63, 3.8) is 0 Å². The second kappa shape index (κ2) is 9.98. The molecule has 0 radical (unpaired) electrons. The molecule has 1 fully saturated rings. The minimum absolute atomic E-state index is 0.254. The van der Waals surface area contributed by atoms with Crippen LogP contribution in [0, 0.1) is 6.92 Å². The van der Waals surface area contributed by atoms with E-state index in [4.69, 9.17) is 16.3 Å². The van der Waals surface area contributed by atoms with Crippen molar-refractivity contribution in [3.05, 3.63) is 117 Å². The maximum Gasteiger partial charge on any atom is 0.293 e. The fourth-order valence-electron chi connectivity index (χ4n) is 4.02. The first-order valence-corrected chi connectivity index (χ1v) is 12.4. The van der Waals surface area contributed by atoms with Gasteiger partial charge in [0.1, 0.15) is 12.4 Å². The number of amides is 2. The smallest absolute Gasteiger partial charge is 0.293 e. The number of halogens is 1. The van der Waals surface area contributed by atoms with Gasteiger partial charge < -0.3 is 4.74 Å². The van der Waals surface area contributed by atoms with Gasteiger partial charge in [0.15, 0.2) is 0 Å². The summed E-state index contributed by atoms with van der Waals surface area (Å²) < 4.78 is 6.18. The van der Waals surface area contributed by atoms with Crippen molar-refractivity contribution in [2.75, 3.05) is 0 Å². The Morgan fingerprint density at radius 3 is 2.46 bits per heavy atom. The van der Waals surface area contributed by atoms with Gasteiger partial charge in [0.25, 0.3) is 11.1 Å². The Morgan fingerprint density at radius 2 is 1.66 bits per heavy atom. The molecule has 174 valence electrons. The molecule has 4 aromatic carbocycles. The number of hydrogen-bond acceptors (Lipinski definition) is 4. The summed E-state index contributed by atoms with van der Waals surface area (Å²) in [7, 11) is 0. The number of rotatable bonds is 6. The van der Waals surface area contributed by atoms with Gasteiger partial charge in [-0.15, -0.1) is 0 Å². The Labute approximate surface area is 213 Å². The molecule has 2 amide bonds. The quantitative estimate of drug-likeness (QED) is 0.256. The van der Waals surface area contributed by atoms with Crippen molar-refractivity contribution in [2.24, 2.45) is 0 Å². The van der Waals surface area contributed by atoms with Gasteiger partial charge in [-0.25, -0.2) is 0 Å². The molecule has 1 saturated heterocycles. The van der Waals surface area contributed by atoms with Gasteiger partial charge in [0.05, 0.1) is 11.4 Å². The Hall–Kier alpha value is -3.54. The number of carbonyl (C=O) groups excluding carboxylic acids is 2. The van der Waals surface area contributed by atoms with Crippen LogP contribution in [0.5, 0.6) is 5.75 Å². The molecule has 1 heterocycles. The van der Waals surface area contributed by atoms with Gasteiger partial charge in [0.2, 0.25) is 0 Å². The van der Waals surface area contributed by atoms with Crippen molar-refractivity contribution in [3.8, 4) is 5.75 Å². The SMILES string of the molecule is Cc1ccccc1CN1C(=O)S/C(=C\c2c(OCc3ccc(Cl)cc3)ccc3ccccc23)C1=O. The predicted molar refractivity (Wildman–Crippen MR) is 142 cm³/mol. The Bertz CT molecular complexity index is 1460. The van der Waals surface area contributed by atoms with Crippen LogP contribution in [-0.2, 0) is 17.9 Å². The molecular weight excluding hydrogens is 478 g/mol. The van der Waals surface area contributed by atoms with Crippen molar-refractivity contribution >= 4 is 51.4 Å². The second-order valence-corrected chi connectivity index (χ2v) is 9.74. The molecule has 0 saturated carbocycles. The van der Waals surface area contributed by atoms with Gasteiger partial charge in [-0.2, -0.15) is 0 Å². The van der Waals surface area contributed by atoms with Crippen LogP contribution < -0.4 is 4.74 Å². The number of ether oxygens (including phenoxy) is 1. The summed E-state index contributed by atoms with van der Waals surface area (Å²) in [5, 5.41) is 2.37. The van der Waals surface area contributed by atoms with Gasteiger partial charge in [-0.1, -0.05) is 78.3 Å². The molecule has 0 unspecified atom stereocenters. The molecule has 1 aliphatic rings. The topological polar surface area (TPSA) is 46.6 Å². The maximum atomic E-state index is 13.3. The molecule has 35 heavy (non-hydrogen) atoms. The van der Waals surface area contributed by atoms with Crippen LogP contribution in [0.15, 0.2) is 89.8 Å². The average Bonchev–Trinajstić information content (AvgIpc) is 3.13. The zero-order valence-corrected chi connectivity index (χ0v) is 20.6. The summed E-state index contributed by atoms with van der Waals surface area (Å²) in [6, 6.07) is 27.1. The van der Waals surface area contributed by atoms with E-state index < -0.39 is 0 Å². The van der Waals surface area contributed by atoms with Crippen LogP contribution in [0.3, 0.4) is 0 Å². The first kappa shape index (κ1) is 23.2. The van der Waals surface area contributed by atoms with Crippen molar-refractivity contribution in [2.45, 2.75) is 20.1 Å². The van der Waals surface area contributed by atoms with Crippen LogP contribution in [-0.4, -0.2) is 16.0 Å². The standard InChI is InChI=1S/C29H22ClNO3S/c1-19-6-2-3-8-22(19)17-31-28(32)27(35-29(31)33)16-25-24-9-5-4-7-21(24)12-15-26(25)34-18-20-10-13-23(30)14-11-20/h2-16H,17-18H2,1H3/b27-16-. The van der Waals surface area contributed by atoms with Crippen LogP contribution in [0.4, 0.5) is 4.79 Å². The largest absolute Gasteiger partial charge is 0.488 e. The molecule has 0 spiro atoms. The number of fused-ring (bicyclic) bond motifs is 1. The lowest BCUT2D eigenvalue weighted by atomic mass is 10.0. The summed E-state index contributed by atoms with van der Waals surface area (Å²) in [5.41, 5.74) is 3.75. The molecular formula is C29H22ClNO3S. The van der Waals surface area contributed by atoms with Crippen LogP contribution in [0.1, 0.15) is 22.3 Å². The molecule has 0 bridgehead atoms. The molecule has 4 nitrogen and oxygen atoms in total. The summed E-state index contributed by atoms with van der Waals surface area (Å²) in [5.74, 6) is 0.351. The molecule has 4 aromatic rings. The third kappa shape index (κ3) is 4.97. The zero-order chi connectivity index (χ0) is 24.4. The number of carbonyl (C=O) groups is 2. The van der Waals surface area contributed by atoms with Gasteiger partial charge in [-0.05, 0) is 70.4 Å². The third-order valence-corrected chi connectivity index (χ3v) is 7.14. The Kier molecular flexibility index (Phi) is 6.62. The summed E-state index contributed by atoms with van der Waals surface area (Å²) in [6.45, 7) is 2.58. The lowest BCUT2D eigenvalue weighted by Gasteiger charge is -2.14. The van der Waals surface area contributed by atoms with Crippen LogP contribution in [0.2, 0.25) is 5.02 Å². The van der Waals surface area contributed by atoms with E-state index in [1.165, 1.54) is 4.90 Å². The molecule has 0 atom stereocenters. The van der Waals surface area contributed by atoms with Crippen LogP contribution >= 0.6 is 23.4 Å². The highest BCUT2D eigenvalue weighted by Gasteiger charge is 2.35. The summed E-state index contributed by atoms with van der Waals surface area (Å²) in [6.07, 6.45) is 1.78. The highest BCUT2D eigenvalue weighted by Crippen LogP contribution is 2.37. The maximum absolute atomic E-state index is 13.3. The third-order valence-electron chi connectivity index (χ3n) is 5.98.